The molecule has 1 unspecified atom stereocenters. The van der Waals surface area contributed by atoms with Gasteiger partial charge in [0.05, 0.1) is 0 Å². The molecule has 0 amide bonds. The van der Waals surface area contributed by atoms with Crippen LogP contribution in [-0.2, 0) is 4.79 Å². The second-order valence-electron chi connectivity index (χ2n) is 4.61. The molecule has 0 fully saturated rings. The van der Waals surface area contributed by atoms with Crippen LogP contribution in [0.4, 0.5) is 0 Å². The fourth-order valence-electron chi connectivity index (χ4n) is 1.70. The van der Waals surface area contributed by atoms with Gasteiger partial charge in [0.25, 0.3) is 0 Å². The standard InChI is InChI=1S/C12H27N3O2/c1-5-7-15(10-9-14(3)4)8-6-11(13-2)12(16)17/h11,13H,5-10H2,1-4H3,(H,16,17). The molecule has 0 aliphatic rings. The zero-order chi connectivity index (χ0) is 13.3. The van der Waals surface area contributed by atoms with E-state index in [9.17, 15) is 4.79 Å². The summed E-state index contributed by atoms with van der Waals surface area (Å²) in [7, 11) is 5.80. The van der Waals surface area contributed by atoms with Crippen LogP contribution in [0.1, 0.15) is 19.8 Å². The van der Waals surface area contributed by atoms with Gasteiger partial charge in [-0.25, -0.2) is 0 Å². The van der Waals surface area contributed by atoms with Crippen LogP contribution in [0.15, 0.2) is 0 Å². The molecule has 0 bridgehead atoms. The molecule has 102 valence electrons. The number of carboxylic acid groups (broad SMARTS) is 1. The van der Waals surface area contributed by atoms with E-state index < -0.39 is 12.0 Å². The molecule has 0 heterocycles. The molecule has 17 heavy (non-hydrogen) atoms. The van der Waals surface area contributed by atoms with Gasteiger partial charge in [-0.05, 0) is 40.5 Å². The molecule has 5 nitrogen and oxygen atoms in total. The first-order valence-corrected chi connectivity index (χ1v) is 6.28. The Morgan fingerprint density at radius 3 is 2.29 bits per heavy atom. The summed E-state index contributed by atoms with van der Waals surface area (Å²) in [4.78, 5) is 15.4. The molecule has 1 atom stereocenters. The number of hydrogen-bond acceptors (Lipinski definition) is 4. The van der Waals surface area contributed by atoms with Gasteiger partial charge < -0.3 is 20.2 Å². The van der Waals surface area contributed by atoms with Gasteiger partial charge in [-0.2, -0.15) is 0 Å². The van der Waals surface area contributed by atoms with E-state index in [0.717, 1.165) is 32.6 Å². The quantitative estimate of drug-likeness (QED) is 0.580. The predicted octanol–water partition coefficient (Wildman–Crippen LogP) is 0.323. The molecule has 0 aliphatic carbocycles. The van der Waals surface area contributed by atoms with Gasteiger partial charge in [0.2, 0.25) is 0 Å². The summed E-state index contributed by atoms with van der Waals surface area (Å²) >= 11 is 0. The van der Waals surface area contributed by atoms with Crippen LogP contribution in [-0.4, -0.2) is 74.2 Å². The Bertz CT molecular complexity index is 210. The van der Waals surface area contributed by atoms with Gasteiger partial charge in [-0.1, -0.05) is 6.92 Å². The van der Waals surface area contributed by atoms with Crippen molar-refractivity contribution in [3.8, 4) is 0 Å². The highest BCUT2D eigenvalue weighted by Gasteiger charge is 2.16. The third-order valence-electron chi connectivity index (χ3n) is 2.78. The summed E-state index contributed by atoms with van der Waals surface area (Å²) in [5.41, 5.74) is 0. The first-order valence-electron chi connectivity index (χ1n) is 6.28. The minimum absolute atomic E-state index is 0.436. The Morgan fingerprint density at radius 1 is 1.24 bits per heavy atom. The monoisotopic (exact) mass is 245 g/mol. The Hall–Kier alpha value is -0.650. The molecule has 0 saturated carbocycles. The average molecular weight is 245 g/mol. The third kappa shape index (κ3) is 8.12. The van der Waals surface area contributed by atoms with Crippen molar-refractivity contribution in [1.82, 2.24) is 15.1 Å². The normalized spacial score (nSPS) is 13.3. The van der Waals surface area contributed by atoms with Crippen LogP contribution in [0.25, 0.3) is 0 Å². The van der Waals surface area contributed by atoms with Gasteiger partial charge >= 0.3 is 5.97 Å². The molecule has 0 aromatic carbocycles. The number of nitrogens with zero attached hydrogens (tertiary/aromatic N) is 2. The van der Waals surface area contributed by atoms with Gasteiger partial charge in [0.1, 0.15) is 6.04 Å². The molecule has 5 heteroatoms. The fourth-order valence-corrected chi connectivity index (χ4v) is 1.70. The molecule has 0 saturated heterocycles. The number of aliphatic carboxylic acids is 1. The SMILES string of the molecule is CCCN(CCC(NC)C(=O)O)CCN(C)C. The zero-order valence-corrected chi connectivity index (χ0v) is 11.6. The van der Waals surface area contributed by atoms with Crippen molar-refractivity contribution in [3.05, 3.63) is 0 Å². The third-order valence-corrected chi connectivity index (χ3v) is 2.78. The van der Waals surface area contributed by atoms with Crippen molar-refractivity contribution in [3.63, 3.8) is 0 Å². The van der Waals surface area contributed by atoms with Crippen molar-refractivity contribution in [1.29, 1.82) is 0 Å². The minimum Gasteiger partial charge on any atom is -0.480 e. The first kappa shape index (κ1) is 16.4. The van der Waals surface area contributed by atoms with Gasteiger partial charge in [0.15, 0.2) is 0 Å². The summed E-state index contributed by atoms with van der Waals surface area (Å²) in [5.74, 6) is -0.767. The maximum atomic E-state index is 10.9. The smallest absolute Gasteiger partial charge is 0.320 e. The molecule has 0 aromatic heterocycles. The number of likely N-dealkylation sites (N-methyl/N-ethyl adjacent to an activating group) is 2. The number of rotatable bonds is 10. The van der Waals surface area contributed by atoms with E-state index in [4.69, 9.17) is 5.11 Å². The number of nitrogens with one attached hydrogen (secondary N) is 1. The topological polar surface area (TPSA) is 55.8 Å². The number of hydrogen-bond donors (Lipinski definition) is 2. The van der Waals surface area contributed by atoms with Crippen molar-refractivity contribution in [2.45, 2.75) is 25.8 Å². The van der Waals surface area contributed by atoms with Crippen LogP contribution in [0.5, 0.6) is 0 Å². The van der Waals surface area contributed by atoms with Crippen molar-refractivity contribution < 1.29 is 9.90 Å². The molecular formula is C12H27N3O2. The average Bonchev–Trinajstić information content (AvgIpc) is 2.25. The summed E-state index contributed by atoms with van der Waals surface area (Å²) in [6, 6.07) is -0.436. The van der Waals surface area contributed by atoms with Gasteiger partial charge in [0, 0.05) is 19.6 Å². The van der Waals surface area contributed by atoms with Crippen molar-refractivity contribution >= 4 is 5.97 Å². The second kappa shape index (κ2) is 9.39. The second-order valence-corrected chi connectivity index (χ2v) is 4.61. The van der Waals surface area contributed by atoms with Crippen LogP contribution in [0.2, 0.25) is 0 Å². The van der Waals surface area contributed by atoms with Crippen LogP contribution in [0, 0.1) is 0 Å². The van der Waals surface area contributed by atoms with Crippen LogP contribution >= 0.6 is 0 Å². The highest BCUT2D eigenvalue weighted by Crippen LogP contribution is 1.99. The Balaban J connectivity index is 4.01. The van der Waals surface area contributed by atoms with Gasteiger partial charge in [-0.15, -0.1) is 0 Å². The van der Waals surface area contributed by atoms with E-state index >= 15 is 0 Å². The van der Waals surface area contributed by atoms with Crippen LogP contribution < -0.4 is 5.32 Å². The molecule has 0 aliphatic heterocycles. The summed E-state index contributed by atoms with van der Waals surface area (Å²) < 4.78 is 0. The Labute approximate surface area is 105 Å². The molecule has 0 spiro atoms. The van der Waals surface area contributed by atoms with E-state index in [1.165, 1.54) is 0 Å². The van der Waals surface area contributed by atoms with E-state index in [0.29, 0.717) is 6.42 Å². The van der Waals surface area contributed by atoms with E-state index in [-0.39, 0.29) is 0 Å². The van der Waals surface area contributed by atoms with E-state index in [1.807, 2.05) is 0 Å². The van der Waals surface area contributed by atoms with E-state index in [2.05, 4.69) is 36.1 Å². The lowest BCUT2D eigenvalue weighted by atomic mass is 10.2. The summed E-state index contributed by atoms with van der Waals surface area (Å²) in [5, 5.41) is 11.8. The number of carbonyl (C=O) groups is 1. The largest absolute Gasteiger partial charge is 0.480 e. The molecule has 0 aromatic rings. The lowest BCUT2D eigenvalue weighted by Gasteiger charge is -2.24. The molecule has 0 radical (unpaired) electrons. The lowest BCUT2D eigenvalue weighted by molar-refractivity contribution is -0.139. The summed E-state index contributed by atoms with van der Waals surface area (Å²) in [6.45, 7) is 6.02. The first-order chi connectivity index (χ1) is 8.01. The molecule has 0 rings (SSSR count). The van der Waals surface area contributed by atoms with Crippen molar-refractivity contribution in [2.75, 3.05) is 47.3 Å². The van der Waals surface area contributed by atoms with Gasteiger partial charge in [-0.3, -0.25) is 4.79 Å². The molecule has 2 N–H and O–H groups in total. The minimum atomic E-state index is -0.767. The highest BCUT2D eigenvalue weighted by atomic mass is 16.4. The maximum absolute atomic E-state index is 10.9. The maximum Gasteiger partial charge on any atom is 0.320 e. The highest BCUT2D eigenvalue weighted by molar-refractivity contribution is 5.73. The Kier molecular flexibility index (Phi) is 9.03. The predicted molar refractivity (Wildman–Crippen MR) is 70.4 cm³/mol. The zero-order valence-electron chi connectivity index (χ0n) is 11.6. The van der Waals surface area contributed by atoms with Crippen molar-refractivity contribution in [2.24, 2.45) is 0 Å². The lowest BCUT2D eigenvalue weighted by Crippen LogP contribution is -2.39. The Morgan fingerprint density at radius 2 is 1.88 bits per heavy atom. The van der Waals surface area contributed by atoms with E-state index in [1.54, 1.807) is 7.05 Å². The molecular weight excluding hydrogens is 218 g/mol. The number of carboxylic acids is 1. The fraction of sp³-hybridized carbons (Fsp3) is 0.917. The summed E-state index contributed by atoms with van der Waals surface area (Å²) in [6.07, 6.45) is 1.75. The van der Waals surface area contributed by atoms with Crippen LogP contribution in [0.3, 0.4) is 0 Å².